The highest BCUT2D eigenvalue weighted by Gasteiger charge is 2.15. The quantitative estimate of drug-likeness (QED) is 0.692. The second kappa shape index (κ2) is 9.90. The number of ether oxygens (including phenoxy) is 2. The highest BCUT2D eigenvalue weighted by molar-refractivity contribution is 5.43. The molecule has 24 heavy (non-hydrogen) atoms. The molecule has 1 aliphatic heterocycles. The van der Waals surface area contributed by atoms with Crippen LogP contribution in [0.2, 0.25) is 0 Å². The van der Waals surface area contributed by atoms with Crippen molar-refractivity contribution < 1.29 is 9.47 Å². The molecule has 4 heteroatoms. The predicted molar refractivity (Wildman–Crippen MR) is 100 cm³/mol. The maximum Gasteiger partial charge on any atom is 0.161 e. The minimum Gasteiger partial charge on any atom is -0.493 e. The first kappa shape index (κ1) is 19.1. The molecule has 1 aromatic carbocycles. The lowest BCUT2D eigenvalue weighted by atomic mass is 9.99. The molecule has 136 valence electrons. The van der Waals surface area contributed by atoms with Crippen LogP contribution in [-0.2, 0) is 6.42 Å². The molecule has 0 N–H and O–H groups in total. The van der Waals surface area contributed by atoms with Crippen LogP contribution in [0.1, 0.15) is 31.7 Å². The summed E-state index contributed by atoms with van der Waals surface area (Å²) >= 11 is 0. The van der Waals surface area contributed by atoms with Gasteiger partial charge in [-0.2, -0.15) is 0 Å². The number of aryl methyl sites for hydroxylation is 1. The van der Waals surface area contributed by atoms with Gasteiger partial charge in [-0.05, 0) is 83.0 Å². The number of benzene rings is 1. The molecule has 1 heterocycles. The Morgan fingerprint density at radius 3 is 2.58 bits per heavy atom. The van der Waals surface area contributed by atoms with Crippen LogP contribution < -0.4 is 9.47 Å². The van der Waals surface area contributed by atoms with Crippen LogP contribution in [-0.4, -0.2) is 63.8 Å². The van der Waals surface area contributed by atoms with Crippen molar-refractivity contribution in [2.24, 2.45) is 5.92 Å². The third kappa shape index (κ3) is 6.33. The van der Waals surface area contributed by atoms with Crippen molar-refractivity contribution in [2.45, 2.75) is 32.6 Å². The van der Waals surface area contributed by atoms with Crippen molar-refractivity contribution >= 4 is 0 Å². The van der Waals surface area contributed by atoms with E-state index < -0.39 is 0 Å². The van der Waals surface area contributed by atoms with E-state index in [0.717, 1.165) is 50.0 Å². The molecule has 0 radical (unpaired) electrons. The summed E-state index contributed by atoms with van der Waals surface area (Å²) in [6.45, 7) is 7.58. The molecule has 0 aromatic heterocycles. The van der Waals surface area contributed by atoms with Crippen molar-refractivity contribution in [3.05, 3.63) is 23.8 Å². The number of hydrogen-bond acceptors (Lipinski definition) is 4. The fourth-order valence-corrected chi connectivity index (χ4v) is 3.16. The minimum absolute atomic E-state index is 0.727. The molecule has 1 saturated heterocycles. The van der Waals surface area contributed by atoms with Gasteiger partial charge in [-0.3, -0.25) is 4.90 Å². The lowest BCUT2D eigenvalue weighted by Gasteiger charge is -2.30. The van der Waals surface area contributed by atoms with Gasteiger partial charge >= 0.3 is 0 Å². The largest absolute Gasteiger partial charge is 0.493 e. The summed E-state index contributed by atoms with van der Waals surface area (Å²) in [5.41, 5.74) is 1.31. The standard InChI is InChI=1S/C20H34N2O2/c1-17-9-12-22(13-10-17)14-15-24-19-8-7-18(16-20(19)23-4)6-5-11-21(2)3/h7-8,16-17H,5-6,9-15H2,1-4H3. The summed E-state index contributed by atoms with van der Waals surface area (Å²) in [5.74, 6) is 2.59. The first-order valence-corrected chi connectivity index (χ1v) is 9.25. The number of likely N-dealkylation sites (tertiary alicyclic amines) is 1. The lowest BCUT2D eigenvalue weighted by molar-refractivity contribution is 0.158. The molecule has 1 fully saturated rings. The molecule has 2 rings (SSSR count). The second-order valence-corrected chi connectivity index (χ2v) is 7.26. The number of hydrogen-bond donors (Lipinski definition) is 0. The second-order valence-electron chi connectivity index (χ2n) is 7.26. The van der Waals surface area contributed by atoms with Crippen LogP contribution in [0.4, 0.5) is 0 Å². The third-order valence-corrected chi connectivity index (χ3v) is 4.84. The number of methoxy groups -OCH3 is 1. The Morgan fingerprint density at radius 1 is 1.17 bits per heavy atom. The van der Waals surface area contributed by atoms with Crippen LogP contribution in [0.25, 0.3) is 0 Å². The van der Waals surface area contributed by atoms with E-state index in [9.17, 15) is 0 Å². The first-order chi connectivity index (χ1) is 11.6. The van der Waals surface area contributed by atoms with Gasteiger partial charge in [0.15, 0.2) is 11.5 Å². The van der Waals surface area contributed by atoms with Gasteiger partial charge in [0.1, 0.15) is 6.61 Å². The van der Waals surface area contributed by atoms with Crippen molar-refractivity contribution in [3.63, 3.8) is 0 Å². The maximum atomic E-state index is 5.98. The molecule has 0 atom stereocenters. The number of piperidine rings is 1. The van der Waals surface area contributed by atoms with Gasteiger partial charge in [0.05, 0.1) is 7.11 Å². The smallest absolute Gasteiger partial charge is 0.161 e. The van der Waals surface area contributed by atoms with Gasteiger partial charge in [-0.15, -0.1) is 0 Å². The summed E-state index contributed by atoms with van der Waals surface area (Å²) in [6.07, 6.45) is 4.85. The summed E-state index contributed by atoms with van der Waals surface area (Å²) in [4.78, 5) is 4.72. The Kier molecular flexibility index (Phi) is 7.86. The van der Waals surface area contributed by atoms with Crippen molar-refractivity contribution in [1.82, 2.24) is 9.80 Å². The maximum absolute atomic E-state index is 5.98. The number of rotatable bonds is 9. The fourth-order valence-electron chi connectivity index (χ4n) is 3.16. The summed E-state index contributed by atoms with van der Waals surface area (Å²) in [5, 5.41) is 0. The van der Waals surface area contributed by atoms with E-state index in [1.54, 1.807) is 7.11 Å². The summed E-state index contributed by atoms with van der Waals surface area (Å²) in [7, 11) is 5.94. The lowest BCUT2D eigenvalue weighted by Crippen LogP contribution is -2.35. The molecule has 0 unspecified atom stereocenters. The van der Waals surface area contributed by atoms with Gasteiger partial charge in [0, 0.05) is 6.54 Å². The Bertz CT molecular complexity index is 483. The highest BCUT2D eigenvalue weighted by atomic mass is 16.5. The molecule has 0 amide bonds. The zero-order valence-corrected chi connectivity index (χ0v) is 15.9. The molecule has 1 aliphatic rings. The SMILES string of the molecule is COc1cc(CCCN(C)C)ccc1OCCN1CCC(C)CC1. The predicted octanol–water partition coefficient (Wildman–Crippen LogP) is 3.30. The van der Waals surface area contributed by atoms with E-state index in [1.807, 2.05) is 0 Å². The van der Waals surface area contributed by atoms with Crippen LogP contribution in [0.15, 0.2) is 18.2 Å². The van der Waals surface area contributed by atoms with E-state index in [-0.39, 0.29) is 0 Å². The molecule has 0 saturated carbocycles. The van der Waals surface area contributed by atoms with Crippen molar-refractivity contribution in [2.75, 3.05) is 54.0 Å². The van der Waals surface area contributed by atoms with Gasteiger partial charge in [-0.25, -0.2) is 0 Å². The molecule has 1 aromatic rings. The highest BCUT2D eigenvalue weighted by Crippen LogP contribution is 2.28. The zero-order valence-electron chi connectivity index (χ0n) is 15.9. The van der Waals surface area contributed by atoms with Gasteiger partial charge < -0.3 is 14.4 Å². The van der Waals surface area contributed by atoms with Crippen LogP contribution >= 0.6 is 0 Å². The average Bonchev–Trinajstić information content (AvgIpc) is 2.57. The summed E-state index contributed by atoms with van der Waals surface area (Å²) in [6, 6.07) is 6.34. The van der Waals surface area contributed by atoms with Crippen LogP contribution in [0, 0.1) is 5.92 Å². The fraction of sp³-hybridized carbons (Fsp3) is 0.700. The Balaban J connectivity index is 1.79. The zero-order chi connectivity index (χ0) is 17.4. The monoisotopic (exact) mass is 334 g/mol. The average molecular weight is 335 g/mol. The molecular formula is C20H34N2O2. The van der Waals surface area contributed by atoms with E-state index in [0.29, 0.717) is 0 Å². The molecule has 0 bridgehead atoms. The molecule has 0 aliphatic carbocycles. The van der Waals surface area contributed by atoms with Crippen LogP contribution in [0.5, 0.6) is 11.5 Å². The van der Waals surface area contributed by atoms with Crippen LogP contribution in [0.3, 0.4) is 0 Å². The Labute approximate surface area is 147 Å². The minimum atomic E-state index is 0.727. The Hall–Kier alpha value is -1.26. The normalized spacial score (nSPS) is 16.5. The molecule has 4 nitrogen and oxygen atoms in total. The van der Waals surface area contributed by atoms with Gasteiger partial charge in [-0.1, -0.05) is 13.0 Å². The third-order valence-electron chi connectivity index (χ3n) is 4.84. The van der Waals surface area contributed by atoms with E-state index >= 15 is 0 Å². The number of nitrogens with zero attached hydrogens (tertiary/aromatic N) is 2. The van der Waals surface area contributed by atoms with E-state index in [4.69, 9.17) is 9.47 Å². The molecular weight excluding hydrogens is 300 g/mol. The Morgan fingerprint density at radius 2 is 1.92 bits per heavy atom. The molecule has 0 spiro atoms. The van der Waals surface area contributed by atoms with Crippen molar-refractivity contribution in [3.8, 4) is 11.5 Å². The van der Waals surface area contributed by atoms with Gasteiger partial charge in [0.2, 0.25) is 0 Å². The van der Waals surface area contributed by atoms with E-state index in [2.05, 4.69) is 49.0 Å². The van der Waals surface area contributed by atoms with E-state index in [1.165, 1.54) is 31.5 Å². The first-order valence-electron chi connectivity index (χ1n) is 9.25. The summed E-state index contributed by atoms with van der Waals surface area (Å²) < 4.78 is 11.5. The topological polar surface area (TPSA) is 24.9 Å². The van der Waals surface area contributed by atoms with Crippen molar-refractivity contribution in [1.29, 1.82) is 0 Å². The van der Waals surface area contributed by atoms with Gasteiger partial charge in [0.25, 0.3) is 0 Å².